The second kappa shape index (κ2) is 11.2. The number of rotatable bonds is 9. The summed E-state index contributed by atoms with van der Waals surface area (Å²) in [5.41, 5.74) is 1.60. The van der Waals surface area contributed by atoms with Crippen molar-refractivity contribution in [3.63, 3.8) is 0 Å². The van der Waals surface area contributed by atoms with Crippen LogP contribution in [-0.2, 0) is 10.2 Å². The van der Waals surface area contributed by atoms with E-state index in [2.05, 4.69) is 36.4 Å². The summed E-state index contributed by atoms with van der Waals surface area (Å²) in [4.78, 5) is 28.6. The maximum Gasteiger partial charge on any atom is 0.217 e. The molecule has 2 unspecified atom stereocenters. The van der Waals surface area contributed by atoms with Crippen molar-refractivity contribution in [2.45, 2.75) is 43.9 Å². The van der Waals surface area contributed by atoms with Gasteiger partial charge in [-0.15, -0.1) is 0 Å². The molecule has 1 amide bonds. The van der Waals surface area contributed by atoms with E-state index >= 15 is 4.39 Å². The Hall–Kier alpha value is -2.28. The van der Waals surface area contributed by atoms with Crippen molar-refractivity contribution in [1.82, 2.24) is 15.1 Å². The number of nitrogens with one attached hydrogen (secondary N) is 1. The van der Waals surface area contributed by atoms with Crippen LogP contribution in [0.1, 0.15) is 42.1 Å². The first-order chi connectivity index (χ1) is 15.7. The third-order valence-corrected chi connectivity index (χ3v) is 6.66. The van der Waals surface area contributed by atoms with Gasteiger partial charge < -0.3 is 10.2 Å². The molecule has 0 radical (unpaired) electrons. The molecule has 1 aliphatic heterocycles. The van der Waals surface area contributed by atoms with Crippen molar-refractivity contribution in [1.29, 1.82) is 0 Å². The number of nitrogens with zero attached hydrogens (tertiary/aromatic N) is 2. The molecule has 3 rings (SSSR count). The van der Waals surface area contributed by atoms with Gasteiger partial charge in [-0.3, -0.25) is 14.5 Å². The van der Waals surface area contributed by atoms with Crippen LogP contribution in [0.3, 0.4) is 0 Å². The van der Waals surface area contributed by atoms with Gasteiger partial charge in [0.15, 0.2) is 12.1 Å². The Morgan fingerprint density at radius 1 is 1.09 bits per heavy atom. The maximum atomic E-state index is 15.4. The fraction of sp³-hybridized carbons (Fsp3) is 0.462. The van der Waals surface area contributed by atoms with Crippen LogP contribution in [0.25, 0.3) is 0 Å². The summed E-state index contributed by atoms with van der Waals surface area (Å²) in [6, 6.07) is 15.8. The number of ketones is 1. The molecule has 178 valence electrons. The predicted molar refractivity (Wildman–Crippen MR) is 130 cm³/mol. The van der Waals surface area contributed by atoms with Crippen LogP contribution >= 0.6 is 11.6 Å². The quantitative estimate of drug-likeness (QED) is 0.435. The molecule has 33 heavy (non-hydrogen) atoms. The van der Waals surface area contributed by atoms with Crippen LogP contribution in [0.15, 0.2) is 54.6 Å². The van der Waals surface area contributed by atoms with Crippen molar-refractivity contribution in [2.75, 3.05) is 33.7 Å². The van der Waals surface area contributed by atoms with Gasteiger partial charge >= 0.3 is 0 Å². The zero-order valence-electron chi connectivity index (χ0n) is 19.6. The van der Waals surface area contributed by atoms with Gasteiger partial charge in [0.25, 0.3) is 0 Å². The first-order valence-corrected chi connectivity index (χ1v) is 11.7. The number of amides is 1. The molecular formula is C26H33ClFN3O2. The lowest BCUT2D eigenvalue weighted by molar-refractivity contribution is -0.119. The highest BCUT2D eigenvalue weighted by Gasteiger charge is 2.39. The topological polar surface area (TPSA) is 52.7 Å². The van der Waals surface area contributed by atoms with Crippen molar-refractivity contribution in [3.05, 3.63) is 70.7 Å². The number of carbonyl (C=O) groups is 2. The van der Waals surface area contributed by atoms with Crippen molar-refractivity contribution in [3.8, 4) is 0 Å². The summed E-state index contributed by atoms with van der Waals surface area (Å²) >= 11 is 6.09. The molecule has 2 aromatic rings. The molecule has 0 saturated carbocycles. The van der Waals surface area contributed by atoms with E-state index in [1.165, 1.54) is 12.5 Å². The molecule has 0 aromatic heterocycles. The van der Waals surface area contributed by atoms with Gasteiger partial charge in [-0.05, 0) is 44.6 Å². The van der Waals surface area contributed by atoms with E-state index in [0.717, 1.165) is 19.4 Å². The minimum atomic E-state index is -1.32. The third-order valence-electron chi connectivity index (χ3n) is 6.41. The van der Waals surface area contributed by atoms with Gasteiger partial charge in [-0.1, -0.05) is 54.1 Å². The highest BCUT2D eigenvalue weighted by atomic mass is 35.5. The molecule has 5 nitrogen and oxygen atoms in total. The molecule has 0 bridgehead atoms. The van der Waals surface area contributed by atoms with Gasteiger partial charge in [-0.25, -0.2) is 4.39 Å². The maximum absolute atomic E-state index is 15.4. The molecule has 7 heteroatoms. The van der Waals surface area contributed by atoms with E-state index in [0.29, 0.717) is 23.7 Å². The van der Waals surface area contributed by atoms with E-state index < -0.39 is 12.3 Å². The van der Waals surface area contributed by atoms with Gasteiger partial charge in [0, 0.05) is 49.0 Å². The molecule has 1 saturated heterocycles. The predicted octanol–water partition coefficient (Wildman–Crippen LogP) is 4.31. The summed E-state index contributed by atoms with van der Waals surface area (Å²) in [6.45, 7) is 3.36. The fourth-order valence-electron chi connectivity index (χ4n) is 4.80. The third kappa shape index (κ3) is 6.62. The molecule has 1 fully saturated rings. The number of hydrogen-bond acceptors (Lipinski definition) is 4. The number of benzene rings is 2. The summed E-state index contributed by atoms with van der Waals surface area (Å²) in [6.07, 6.45) is 0.196. The lowest BCUT2D eigenvalue weighted by atomic mass is 9.72. The summed E-state index contributed by atoms with van der Waals surface area (Å²) < 4.78 is 15.4. The molecule has 2 aromatic carbocycles. The summed E-state index contributed by atoms with van der Waals surface area (Å²) in [7, 11) is 4.10. The fourth-order valence-corrected chi connectivity index (χ4v) is 4.93. The zero-order chi connectivity index (χ0) is 24.0. The second-order valence-corrected chi connectivity index (χ2v) is 9.65. The number of hydrogen-bond donors (Lipinski definition) is 1. The minimum absolute atomic E-state index is 0.0745. The largest absolute Gasteiger partial charge is 0.346 e. The lowest BCUT2D eigenvalue weighted by Crippen LogP contribution is -2.51. The number of piperidine rings is 1. The molecular weight excluding hydrogens is 441 g/mol. The van der Waals surface area contributed by atoms with E-state index in [4.69, 9.17) is 11.6 Å². The van der Waals surface area contributed by atoms with Crippen molar-refractivity contribution >= 4 is 23.3 Å². The highest BCUT2D eigenvalue weighted by molar-refractivity contribution is 6.30. The number of likely N-dealkylation sites (tertiary alicyclic amines) is 1. The normalized spacial score (nSPS) is 18.0. The smallest absolute Gasteiger partial charge is 0.217 e. The first kappa shape index (κ1) is 25.3. The average molecular weight is 474 g/mol. The standard InChI is InChI=1S/C26H33ClFN3O2/c1-19(32)29-23(25(33)20-7-5-4-6-8-20)17-24(28)31-15-13-26(14-16-31,18-30(2)3)21-9-11-22(27)12-10-21/h4-12,23-24H,13-18H2,1-3H3,(H,29,32). The number of halogens is 2. The molecule has 0 aliphatic carbocycles. The summed E-state index contributed by atoms with van der Waals surface area (Å²) in [5.74, 6) is -0.614. The Morgan fingerprint density at radius 3 is 2.24 bits per heavy atom. The SMILES string of the molecule is CC(=O)NC(CC(F)N1CCC(CN(C)C)(c2ccc(Cl)cc2)CC1)C(=O)c1ccccc1. The molecule has 1 N–H and O–H groups in total. The van der Waals surface area contributed by atoms with Gasteiger partial charge in [0.05, 0.1) is 6.04 Å². The van der Waals surface area contributed by atoms with Crippen LogP contribution in [-0.4, -0.2) is 67.6 Å². The lowest BCUT2D eigenvalue weighted by Gasteiger charge is -2.45. The number of carbonyl (C=O) groups excluding carboxylic acids is 2. The number of alkyl halides is 1. The van der Waals surface area contributed by atoms with Crippen LogP contribution in [0, 0.1) is 0 Å². The van der Waals surface area contributed by atoms with Crippen LogP contribution in [0.4, 0.5) is 4.39 Å². The zero-order valence-corrected chi connectivity index (χ0v) is 20.3. The van der Waals surface area contributed by atoms with E-state index in [-0.39, 0.29) is 23.5 Å². The van der Waals surface area contributed by atoms with Crippen LogP contribution in [0.2, 0.25) is 5.02 Å². The first-order valence-electron chi connectivity index (χ1n) is 11.4. The Balaban J connectivity index is 1.70. The van der Waals surface area contributed by atoms with Crippen LogP contribution < -0.4 is 5.32 Å². The number of Topliss-reactive ketones (excluding diaryl/α,β-unsaturated/α-hetero) is 1. The van der Waals surface area contributed by atoms with E-state index in [1.807, 2.05) is 18.2 Å². The molecule has 1 aliphatic rings. The Kier molecular flexibility index (Phi) is 8.63. The Morgan fingerprint density at radius 2 is 1.70 bits per heavy atom. The van der Waals surface area contributed by atoms with E-state index in [9.17, 15) is 9.59 Å². The van der Waals surface area contributed by atoms with Gasteiger partial charge in [0.1, 0.15) is 0 Å². The monoisotopic (exact) mass is 473 g/mol. The summed E-state index contributed by atoms with van der Waals surface area (Å²) in [5, 5.41) is 3.35. The Labute approximate surface area is 200 Å². The van der Waals surface area contributed by atoms with Crippen LogP contribution in [0.5, 0.6) is 0 Å². The van der Waals surface area contributed by atoms with E-state index in [1.54, 1.807) is 29.2 Å². The average Bonchev–Trinajstić information content (AvgIpc) is 2.79. The molecule has 0 spiro atoms. The van der Waals surface area contributed by atoms with Gasteiger partial charge in [-0.2, -0.15) is 0 Å². The van der Waals surface area contributed by atoms with Crippen molar-refractivity contribution < 1.29 is 14.0 Å². The minimum Gasteiger partial charge on any atom is -0.346 e. The Bertz CT molecular complexity index is 928. The second-order valence-electron chi connectivity index (χ2n) is 9.21. The molecule has 1 heterocycles. The number of likely N-dealkylation sites (N-methyl/N-ethyl adjacent to an activating group) is 1. The van der Waals surface area contributed by atoms with Gasteiger partial charge in [0.2, 0.25) is 5.91 Å². The highest BCUT2D eigenvalue weighted by Crippen LogP contribution is 2.37. The molecule has 2 atom stereocenters. The van der Waals surface area contributed by atoms with Crippen molar-refractivity contribution in [2.24, 2.45) is 0 Å².